The molecule has 9 nitrogen and oxygen atoms in total. The Balaban J connectivity index is 1.58. The molecule has 2 fully saturated rings. The number of halogens is 2. The van der Waals surface area contributed by atoms with E-state index in [-0.39, 0.29) is 36.9 Å². The van der Waals surface area contributed by atoms with Crippen LogP contribution in [0.25, 0.3) is 0 Å². The van der Waals surface area contributed by atoms with E-state index in [1.54, 1.807) is 24.0 Å². The van der Waals surface area contributed by atoms with Crippen molar-refractivity contribution in [2.75, 3.05) is 31.1 Å². The summed E-state index contributed by atoms with van der Waals surface area (Å²) in [5.74, 6) is -1.23. The van der Waals surface area contributed by atoms with E-state index in [2.05, 4.69) is 10.0 Å². The van der Waals surface area contributed by atoms with E-state index in [0.29, 0.717) is 39.9 Å². The lowest BCUT2D eigenvalue weighted by atomic mass is 10.2. The smallest absolute Gasteiger partial charge is 0.261 e. The molecule has 3 heterocycles. The van der Waals surface area contributed by atoms with Gasteiger partial charge in [0.05, 0.1) is 20.7 Å². The molecule has 2 atom stereocenters. The average molecular weight is 557 g/mol. The van der Waals surface area contributed by atoms with Crippen LogP contribution in [0.4, 0.5) is 10.1 Å². The molecule has 13 heteroatoms. The summed E-state index contributed by atoms with van der Waals surface area (Å²) in [5.41, 5.74) is 0.861. The van der Waals surface area contributed by atoms with Gasteiger partial charge < -0.3 is 15.1 Å². The maximum Gasteiger partial charge on any atom is 0.261 e. The summed E-state index contributed by atoms with van der Waals surface area (Å²) < 4.78 is 43.4. The number of hydrogen-bond donors (Lipinski definition) is 2. The number of alkyl halides is 1. The fourth-order valence-corrected chi connectivity index (χ4v) is 6.79. The van der Waals surface area contributed by atoms with Gasteiger partial charge in [0.2, 0.25) is 21.8 Å². The van der Waals surface area contributed by atoms with Crippen LogP contribution in [0.1, 0.15) is 34.5 Å². The van der Waals surface area contributed by atoms with Crippen LogP contribution < -0.4 is 14.9 Å². The molecule has 1 aromatic carbocycles. The highest BCUT2D eigenvalue weighted by Crippen LogP contribution is 2.29. The van der Waals surface area contributed by atoms with Crippen LogP contribution in [-0.4, -0.2) is 69.4 Å². The zero-order valence-electron chi connectivity index (χ0n) is 19.5. The Hall–Kier alpha value is -2.54. The number of hydrogen-bond acceptors (Lipinski definition) is 6. The number of nitrogens with zero attached hydrogens (tertiary/aromatic N) is 2. The molecule has 0 unspecified atom stereocenters. The molecular weight excluding hydrogens is 531 g/mol. The molecule has 36 heavy (non-hydrogen) atoms. The minimum Gasteiger partial charge on any atom is -0.349 e. The van der Waals surface area contributed by atoms with Crippen LogP contribution in [0.3, 0.4) is 0 Å². The molecule has 4 rings (SSSR count). The second-order valence-corrected chi connectivity index (χ2v) is 12.1. The van der Waals surface area contributed by atoms with Gasteiger partial charge in [-0.15, -0.1) is 11.3 Å². The molecule has 0 radical (unpaired) electrons. The lowest BCUT2D eigenvalue weighted by molar-refractivity contribution is -0.132. The van der Waals surface area contributed by atoms with Crippen molar-refractivity contribution in [2.45, 2.75) is 43.3 Å². The summed E-state index contributed by atoms with van der Waals surface area (Å²) in [7, 11) is -4.26. The molecule has 2 saturated heterocycles. The summed E-state index contributed by atoms with van der Waals surface area (Å²) in [6.45, 7) is 1.76. The molecule has 0 aliphatic carbocycles. The van der Waals surface area contributed by atoms with Gasteiger partial charge in [-0.2, -0.15) is 4.72 Å². The van der Waals surface area contributed by atoms with Crippen molar-refractivity contribution in [3.05, 3.63) is 45.1 Å². The first-order valence-electron chi connectivity index (χ1n) is 11.5. The molecular formula is C23H26ClFN4O5S2. The molecule has 0 spiro atoms. The topological polar surface area (TPSA) is 116 Å². The Kier molecular flexibility index (Phi) is 7.98. The molecule has 194 valence electrons. The summed E-state index contributed by atoms with van der Waals surface area (Å²) >= 11 is 6.93. The Labute approximate surface area is 217 Å². The normalized spacial score (nSPS) is 19.1. The number of thiophene rings is 1. The number of anilines is 1. The Morgan fingerprint density at radius 1 is 1.25 bits per heavy atom. The molecule has 1 aromatic heterocycles. The van der Waals surface area contributed by atoms with Gasteiger partial charge in [0.1, 0.15) is 12.2 Å². The van der Waals surface area contributed by atoms with E-state index in [4.69, 9.17) is 11.6 Å². The largest absolute Gasteiger partial charge is 0.349 e. The third-order valence-corrected chi connectivity index (χ3v) is 9.06. The fourth-order valence-electron chi connectivity index (χ4n) is 4.38. The summed E-state index contributed by atoms with van der Waals surface area (Å²) in [4.78, 5) is 40.9. The van der Waals surface area contributed by atoms with E-state index in [1.807, 2.05) is 0 Å². The first-order valence-corrected chi connectivity index (χ1v) is 14.1. The van der Waals surface area contributed by atoms with Crippen LogP contribution in [-0.2, 0) is 19.6 Å². The van der Waals surface area contributed by atoms with Crippen molar-refractivity contribution in [2.24, 2.45) is 0 Å². The van der Waals surface area contributed by atoms with E-state index < -0.39 is 34.1 Å². The predicted octanol–water partition coefficient (Wildman–Crippen LogP) is 2.48. The molecule has 0 saturated carbocycles. The number of amides is 3. The Morgan fingerprint density at radius 2 is 2.03 bits per heavy atom. The standard InChI is InChI=1S/C23H26ClFN4O5S2/c1-14-17(29-10-3-6-21(29)30)4-2-5-19(14)36(33,34)27-16(23(32)28-11-9-15(25)13-28)12-26-22(31)18-7-8-20(24)35-18/h2,4-5,7-8,15-16,27H,3,6,9-13H2,1H3,(H,26,31)/t15-,16-/m0/s1. The van der Waals surface area contributed by atoms with Gasteiger partial charge >= 0.3 is 0 Å². The van der Waals surface area contributed by atoms with Gasteiger partial charge in [-0.1, -0.05) is 17.7 Å². The van der Waals surface area contributed by atoms with Crippen molar-refractivity contribution in [1.82, 2.24) is 14.9 Å². The lowest BCUT2D eigenvalue weighted by Crippen LogP contribution is -2.53. The predicted molar refractivity (Wildman–Crippen MR) is 135 cm³/mol. The van der Waals surface area contributed by atoms with Gasteiger partial charge in [0.15, 0.2) is 0 Å². The van der Waals surface area contributed by atoms with Crippen LogP contribution >= 0.6 is 22.9 Å². The SMILES string of the molecule is Cc1c(N2CCCC2=O)cccc1S(=O)(=O)N[C@@H](CNC(=O)c1ccc(Cl)s1)C(=O)N1CC[C@H](F)C1. The minimum absolute atomic E-state index is 0.0835. The van der Waals surface area contributed by atoms with E-state index in [9.17, 15) is 27.2 Å². The second kappa shape index (κ2) is 10.8. The monoisotopic (exact) mass is 556 g/mol. The number of carbonyl (C=O) groups excluding carboxylic acids is 3. The highest BCUT2D eigenvalue weighted by atomic mass is 35.5. The molecule has 2 N–H and O–H groups in total. The number of likely N-dealkylation sites (tertiary alicyclic amines) is 1. The molecule has 3 amide bonds. The van der Waals surface area contributed by atoms with E-state index in [0.717, 1.165) is 11.3 Å². The van der Waals surface area contributed by atoms with Crippen LogP contribution in [0.15, 0.2) is 35.2 Å². The van der Waals surface area contributed by atoms with Crippen molar-refractivity contribution < 1.29 is 27.2 Å². The third-order valence-electron chi connectivity index (χ3n) is 6.21. The first-order chi connectivity index (χ1) is 17.1. The van der Waals surface area contributed by atoms with Crippen molar-refractivity contribution in [1.29, 1.82) is 0 Å². The van der Waals surface area contributed by atoms with Crippen LogP contribution in [0.2, 0.25) is 4.34 Å². The van der Waals surface area contributed by atoms with Crippen molar-refractivity contribution >= 4 is 56.4 Å². The highest BCUT2D eigenvalue weighted by molar-refractivity contribution is 7.89. The second-order valence-electron chi connectivity index (χ2n) is 8.71. The Morgan fingerprint density at radius 3 is 2.64 bits per heavy atom. The summed E-state index contributed by atoms with van der Waals surface area (Å²) in [6, 6.07) is 6.32. The average Bonchev–Trinajstić information content (AvgIpc) is 3.57. The molecule has 2 aromatic rings. The molecule has 2 aliphatic rings. The van der Waals surface area contributed by atoms with Crippen molar-refractivity contribution in [3.63, 3.8) is 0 Å². The number of nitrogens with one attached hydrogen (secondary N) is 2. The van der Waals surface area contributed by atoms with Crippen LogP contribution in [0, 0.1) is 6.92 Å². The minimum atomic E-state index is -4.26. The highest BCUT2D eigenvalue weighted by Gasteiger charge is 2.35. The van der Waals surface area contributed by atoms with E-state index >= 15 is 0 Å². The quantitative estimate of drug-likeness (QED) is 0.518. The number of rotatable bonds is 8. The number of carbonyl (C=O) groups is 3. The van der Waals surface area contributed by atoms with Gasteiger partial charge in [-0.3, -0.25) is 14.4 Å². The van der Waals surface area contributed by atoms with Gasteiger partial charge in [0, 0.05) is 31.7 Å². The van der Waals surface area contributed by atoms with Crippen molar-refractivity contribution in [3.8, 4) is 0 Å². The van der Waals surface area contributed by atoms with Gasteiger partial charge in [-0.25, -0.2) is 12.8 Å². The molecule has 2 aliphatic heterocycles. The zero-order chi connectivity index (χ0) is 26.0. The number of sulfonamides is 1. The lowest BCUT2D eigenvalue weighted by Gasteiger charge is -2.25. The first kappa shape index (κ1) is 26.5. The third kappa shape index (κ3) is 5.72. The van der Waals surface area contributed by atoms with E-state index in [1.165, 1.54) is 23.1 Å². The summed E-state index contributed by atoms with van der Waals surface area (Å²) in [6.07, 6.45) is 0.0539. The molecule has 0 bridgehead atoms. The zero-order valence-corrected chi connectivity index (χ0v) is 21.9. The number of benzene rings is 1. The Bertz CT molecular complexity index is 1290. The summed E-state index contributed by atoms with van der Waals surface area (Å²) in [5, 5.41) is 2.57. The maximum atomic E-state index is 13.8. The van der Waals surface area contributed by atoms with Gasteiger partial charge in [-0.05, 0) is 49.6 Å². The van der Waals surface area contributed by atoms with Crippen LogP contribution in [0.5, 0.6) is 0 Å². The fraction of sp³-hybridized carbons (Fsp3) is 0.435. The van der Waals surface area contributed by atoms with Gasteiger partial charge in [0.25, 0.3) is 5.91 Å². The maximum absolute atomic E-state index is 13.8.